The molecule has 0 bridgehead atoms. The minimum Gasteiger partial charge on any atom is -0.489 e. The Hall–Kier alpha value is -4.85. The Morgan fingerprint density at radius 2 is 1.58 bits per heavy atom. The molecule has 0 aliphatic rings. The van der Waals surface area contributed by atoms with Crippen LogP contribution in [-0.2, 0) is 22.7 Å². The number of hydrogen-bond acceptors (Lipinski definition) is 5. The van der Waals surface area contributed by atoms with Crippen LogP contribution in [0.5, 0.6) is 5.75 Å². The van der Waals surface area contributed by atoms with Crippen LogP contribution in [0.2, 0.25) is 0 Å². The van der Waals surface area contributed by atoms with Crippen LogP contribution in [0, 0.1) is 0 Å². The number of hydrogen-bond donors (Lipinski definition) is 1. The van der Waals surface area contributed by atoms with Gasteiger partial charge in [0, 0.05) is 32.1 Å². The van der Waals surface area contributed by atoms with Crippen LogP contribution in [0.25, 0.3) is 27.7 Å². The maximum atomic E-state index is 13.3. The molecule has 0 spiro atoms. The van der Waals surface area contributed by atoms with Gasteiger partial charge in [0.15, 0.2) is 0 Å². The van der Waals surface area contributed by atoms with Crippen LogP contribution in [-0.4, -0.2) is 46.3 Å². The molecule has 5 rings (SSSR count). The highest BCUT2D eigenvalue weighted by molar-refractivity contribution is 6.18. The van der Waals surface area contributed by atoms with Gasteiger partial charge in [-0.1, -0.05) is 48.5 Å². The molecule has 0 fully saturated rings. The minimum absolute atomic E-state index is 0.0215. The van der Waals surface area contributed by atoms with Crippen molar-refractivity contribution < 1.29 is 29.0 Å². The zero-order chi connectivity index (χ0) is 27.0. The first-order chi connectivity index (χ1) is 18.3. The highest BCUT2D eigenvalue weighted by atomic mass is 16.5. The van der Waals surface area contributed by atoms with E-state index >= 15 is 0 Å². The smallest absolute Gasteiger partial charge is 0.338 e. The number of nitrogens with zero attached hydrogens (tertiary/aromatic N) is 2. The van der Waals surface area contributed by atoms with E-state index in [0.717, 1.165) is 11.1 Å². The average molecular weight is 511 g/mol. The molecule has 1 N–H and O–H groups in total. The Balaban J connectivity index is 1.66. The van der Waals surface area contributed by atoms with Crippen molar-refractivity contribution >= 4 is 34.4 Å². The largest absolute Gasteiger partial charge is 0.489 e. The Labute approximate surface area is 219 Å². The summed E-state index contributed by atoms with van der Waals surface area (Å²) in [5, 5.41) is 10.1. The lowest BCUT2D eigenvalue weighted by molar-refractivity contribution is -0.142. The molecule has 3 aromatic heterocycles. The molecule has 0 saturated carbocycles. The van der Waals surface area contributed by atoms with Crippen molar-refractivity contribution in [2.45, 2.75) is 20.1 Å². The number of carbonyl (C=O) groups is 3. The first-order valence-electron chi connectivity index (χ1n) is 12.0. The van der Waals surface area contributed by atoms with Gasteiger partial charge in [-0.3, -0.25) is 9.59 Å². The van der Waals surface area contributed by atoms with Gasteiger partial charge in [0.05, 0.1) is 27.7 Å². The lowest BCUT2D eigenvalue weighted by atomic mass is 10.0. The first-order valence-corrected chi connectivity index (χ1v) is 12.0. The molecule has 192 valence electrons. The zero-order valence-corrected chi connectivity index (χ0v) is 21.2. The lowest BCUT2D eigenvalue weighted by Crippen LogP contribution is -2.23. The number of aromatic carboxylic acids is 1. The van der Waals surface area contributed by atoms with Gasteiger partial charge < -0.3 is 23.9 Å². The van der Waals surface area contributed by atoms with E-state index < -0.39 is 17.8 Å². The highest BCUT2D eigenvalue weighted by Gasteiger charge is 2.31. The number of amides is 1. The van der Waals surface area contributed by atoms with E-state index in [0.29, 0.717) is 40.0 Å². The SMILES string of the molecule is CC(=O)OCc1ccc2c(C(=O)O)c(C(=O)N(C)C)c3c(-c4ccc(OCc5ccccc5)cc4)cc1n23. The summed E-state index contributed by atoms with van der Waals surface area (Å²) in [6.45, 7) is 1.78. The number of rotatable bonds is 8. The van der Waals surface area contributed by atoms with Gasteiger partial charge >= 0.3 is 11.9 Å². The molecule has 38 heavy (non-hydrogen) atoms. The van der Waals surface area contributed by atoms with E-state index in [-0.39, 0.29) is 17.7 Å². The fourth-order valence-corrected chi connectivity index (χ4v) is 4.67. The number of carboxylic acid groups (broad SMARTS) is 1. The van der Waals surface area contributed by atoms with Crippen molar-refractivity contribution in [3.8, 4) is 16.9 Å². The van der Waals surface area contributed by atoms with Crippen molar-refractivity contribution in [2.24, 2.45) is 0 Å². The molecule has 5 aromatic rings. The van der Waals surface area contributed by atoms with E-state index in [1.54, 1.807) is 30.6 Å². The van der Waals surface area contributed by atoms with Crippen molar-refractivity contribution in [3.05, 3.63) is 95.1 Å². The fraction of sp³-hybridized carbons (Fsp3) is 0.167. The van der Waals surface area contributed by atoms with E-state index in [1.165, 1.54) is 11.8 Å². The Kier molecular flexibility index (Phi) is 6.46. The van der Waals surface area contributed by atoms with Crippen LogP contribution >= 0.6 is 0 Å². The van der Waals surface area contributed by atoms with Crippen LogP contribution < -0.4 is 4.74 Å². The predicted molar refractivity (Wildman–Crippen MR) is 143 cm³/mol. The van der Waals surface area contributed by atoms with Gasteiger partial charge in [-0.25, -0.2) is 4.79 Å². The number of ether oxygens (including phenoxy) is 2. The second kappa shape index (κ2) is 9.89. The second-order valence-corrected chi connectivity index (χ2v) is 9.20. The summed E-state index contributed by atoms with van der Waals surface area (Å²) in [7, 11) is 3.18. The number of pyridine rings is 1. The topological polar surface area (TPSA) is 97.6 Å². The van der Waals surface area contributed by atoms with Crippen molar-refractivity contribution in [1.29, 1.82) is 0 Å². The van der Waals surface area contributed by atoms with E-state index in [9.17, 15) is 19.5 Å². The van der Waals surface area contributed by atoms with Gasteiger partial charge in [0.1, 0.15) is 19.0 Å². The minimum atomic E-state index is -1.19. The zero-order valence-electron chi connectivity index (χ0n) is 21.2. The third-order valence-corrected chi connectivity index (χ3v) is 6.43. The second-order valence-electron chi connectivity index (χ2n) is 9.20. The van der Waals surface area contributed by atoms with Crippen molar-refractivity contribution in [2.75, 3.05) is 14.1 Å². The molecule has 8 heteroatoms. The molecule has 2 aromatic carbocycles. The molecule has 8 nitrogen and oxygen atoms in total. The molecule has 1 amide bonds. The molecule has 0 radical (unpaired) electrons. The van der Waals surface area contributed by atoms with Crippen molar-refractivity contribution in [3.63, 3.8) is 0 Å². The van der Waals surface area contributed by atoms with Gasteiger partial charge in [0.25, 0.3) is 5.91 Å². The molecular formula is C30H26N2O6. The molecule has 0 aliphatic carbocycles. The summed E-state index contributed by atoms with van der Waals surface area (Å²) in [5.74, 6) is -1.35. The van der Waals surface area contributed by atoms with E-state index in [1.807, 2.05) is 60.7 Å². The predicted octanol–water partition coefficient (Wildman–Crippen LogP) is 5.24. The Morgan fingerprint density at radius 1 is 0.868 bits per heavy atom. The normalized spacial score (nSPS) is 11.1. The maximum Gasteiger partial charge on any atom is 0.338 e. The van der Waals surface area contributed by atoms with Crippen LogP contribution in [0.3, 0.4) is 0 Å². The van der Waals surface area contributed by atoms with Gasteiger partial charge in [-0.05, 0) is 35.4 Å². The molecule has 0 aliphatic heterocycles. The summed E-state index contributed by atoms with van der Waals surface area (Å²) >= 11 is 0. The first kappa shape index (κ1) is 24.8. The van der Waals surface area contributed by atoms with Crippen LogP contribution in [0.4, 0.5) is 0 Å². The summed E-state index contributed by atoms with van der Waals surface area (Å²) in [5.41, 5.74) is 4.83. The molecule has 0 saturated heterocycles. The van der Waals surface area contributed by atoms with Gasteiger partial charge in [-0.15, -0.1) is 0 Å². The van der Waals surface area contributed by atoms with E-state index in [4.69, 9.17) is 9.47 Å². The molecule has 0 atom stereocenters. The number of carboxylic acids is 1. The quantitative estimate of drug-likeness (QED) is 0.287. The summed E-state index contributed by atoms with van der Waals surface area (Å²) in [4.78, 5) is 38.6. The van der Waals surface area contributed by atoms with Crippen LogP contribution in [0.15, 0.2) is 72.8 Å². The fourth-order valence-electron chi connectivity index (χ4n) is 4.67. The van der Waals surface area contributed by atoms with Crippen LogP contribution in [0.1, 0.15) is 38.8 Å². The lowest BCUT2D eigenvalue weighted by Gasteiger charge is -2.11. The number of benzene rings is 2. The summed E-state index contributed by atoms with van der Waals surface area (Å²) in [6, 6.07) is 22.6. The summed E-state index contributed by atoms with van der Waals surface area (Å²) < 4.78 is 12.9. The number of aromatic nitrogens is 1. The third-order valence-electron chi connectivity index (χ3n) is 6.43. The Bertz CT molecular complexity index is 1650. The number of esters is 1. The molecular weight excluding hydrogens is 484 g/mol. The van der Waals surface area contributed by atoms with Crippen molar-refractivity contribution in [1.82, 2.24) is 9.30 Å². The standard InChI is InChI=1S/C30H26N2O6/c1-18(33)37-17-21-11-14-24-26(30(35)36)27(29(34)31(2)3)28-23(15-25(21)32(24)28)20-9-12-22(13-10-20)38-16-19-7-5-4-6-8-19/h4-15H,16-17H2,1-3H3,(H,35,36). The molecule has 3 heterocycles. The average Bonchev–Trinajstić information content (AvgIpc) is 3.46. The Morgan fingerprint density at radius 3 is 2.21 bits per heavy atom. The molecule has 0 unspecified atom stereocenters. The van der Waals surface area contributed by atoms with Gasteiger partial charge in [0.2, 0.25) is 0 Å². The summed E-state index contributed by atoms with van der Waals surface area (Å²) in [6.07, 6.45) is 0. The number of carbonyl (C=O) groups excluding carboxylic acids is 2. The van der Waals surface area contributed by atoms with Gasteiger partial charge in [-0.2, -0.15) is 0 Å². The van der Waals surface area contributed by atoms with E-state index in [2.05, 4.69) is 0 Å². The highest BCUT2D eigenvalue weighted by Crippen LogP contribution is 2.40. The monoisotopic (exact) mass is 510 g/mol. The maximum absolute atomic E-state index is 13.3. The third kappa shape index (κ3) is 4.41.